The number of nitrogens with zero attached hydrogens (tertiary/aromatic N) is 2. The molecule has 0 saturated carbocycles. The Bertz CT molecular complexity index is 908. The molecule has 0 saturated heterocycles. The fourth-order valence-electron chi connectivity index (χ4n) is 2.22. The second-order valence-corrected chi connectivity index (χ2v) is 6.20. The molecule has 6 nitrogen and oxygen atoms in total. The number of benzene rings is 2. The number of hydrogen-bond donors (Lipinski definition) is 0. The van der Waals surface area contributed by atoms with Crippen molar-refractivity contribution in [1.29, 1.82) is 0 Å². The van der Waals surface area contributed by atoms with Crippen molar-refractivity contribution in [2.45, 2.75) is 13.5 Å². The van der Waals surface area contributed by atoms with Gasteiger partial charge in [0.15, 0.2) is 6.61 Å². The molecule has 0 N–H and O–H groups in total. The standard InChI is InChI=1S/C18H15BrN2O4/c1-11-6-7-13(9-15(11)23-2)18(22)24-10-16-20-17(21-25-16)12-4-3-5-14(19)8-12/h3-9H,10H2,1-2H3. The minimum Gasteiger partial charge on any atom is -0.496 e. The number of carbonyl (C=O) groups excluding carboxylic acids is 1. The highest BCUT2D eigenvalue weighted by atomic mass is 79.9. The summed E-state index contributed by atoms with van der Waals surface area (Å²) in [6.45, 7) is 1.80. The molecule has 0 fully saturated rings. The summed E-state index contributed by atoms with van der Waals surface area (Å²) in [5, 5.41) is 3.90. The van der Waals surface area contributed by atoms with Crippen LogP contribution in [0.5, 0.6) is 5.75 Å². The summed E-state index contributed by atoms with van der Waals surface area (Å²) in [6, 6.07) is 12.6. The van der Waals surface area contributed by atoms with Crippen LogP contribution >= 0.6 is 15.9 Å². The molecular formula is C18H15BrN2O4. The first-order valence-electron chi connectivity index (χ1n) is 7.47. The molecule has 0 unspecified atom stereocenters. The molecule has 0 radical (unpaired) electrons. The zero-order chi connectivity index (χ0) is 17.8. The molecule has 7 heteroatoms. The van der Waals surface area contributed by atoms with Crippen LogP contribution in [-0.2, 0) is 11.3 Å². The number of rotatable bonds is 5. The minimum atomic E-state index is -0.486. The minimum absolute atomic E-state index is 0.101. The predicted molar refractivity (Wildman–Crippen MR) is 94.3 cm³/mol. The maximum atomic E-state index is 12.1. The molecule has 0 spiro atoms. The summed E-state index contributed by atoms with van der Waals surface area (Å²) in [5.41, 5.74) is 2.14. The Morgan fingerprint density at radius 1 is 1.24 bits per heavy atom. The van der Waals surface area contributed by atoms with Crippen molar-refractivity contribution in [2.75, 3.05) is 7.11 Å². The fraction of sp³-hybridized carbons (Fsp3) is 0.167. The highest BCUT2D eigenvalue weighted by molar-refractivity contribution is 9.10. The van der Waals surface area contributed by atoms with Gasteiger partial charge in [-0.25, -0.2) is 4.79 Å². The molecule has 128 valence electrons. The summed E-state index contributed by atoms with van der Waals surface area (Å²) >= 11 is 3.39. The Balaban J connectivity index is 1.67. The van der Waals surface area contributed by atoms with Gasteiger partial charge in [-0.2, -0.15) is 4.98 Å². The number of ether oxygens (including phenoxy) is 2. The zero-order valence-corrected chi connectivity index (χ0v) is 15.2. The van der Waals surface area contributed by atoms with E-state index in [0.29, 0.717) is 17.1 Å². The Morgan fingerprint density at radius 3 is 2.84 bits per heavy atom. The molecular weight excluding hydrogens is 388 g/mol. The van der Waals surface area contributed by atoms with Gasteiger partial charge in [-0.3, -0.25) is 0 Å². The fourth-order valence-corrected chi connectivity index (χ4v) is 2.62. The van der Waals surface area contributed by atoms with E-state index >= 15 is 0 Å². The number of hydrogen-bond acceptors (Lipinski definition) is 6. The third kappa shape index (κ3) is 4.06. The molecule has 1 heterocycles. The maximum Gasteiger partial charge on any atom is 0.338 e. The molecule has 1 aromatic heterocycles. The lowest BCUT2D eigenvalue weighted by Crippen LogP contribution is -2.06. The monoisotopic (exact) mass is 402 g/mol. The van der Waals surface area contributed by atoms with Crippen LogP contribution in [-0.4, -0.2) is 23.2 Å². The second-order valence-electron chi connectivity index (χ2n) is 5.28. The van der Waals surface area contributed by atoms with Crippen LogP contribution in [0.1, 0.15) is 21.8 Å². The first kappa shape index (κ1) is 17.2. The van der Waals surface area contributed by atoms with Crippen LogP contribution in [0.15, 0.2) is 51.5 Å². The summed E-state index contributed by atoms with van der Waals surface area (Å²) < 4.78 is 16.5. The molecule has 0 aliphatic carbocycles. The van der Waals surface area contributed by atoms with E-state index in [1.54, 1.807) is 25.3 Å². The lowest BCUT2D eigenvalue weighted by Gasteiger charge is -2.07. The van der Waals surface area contributed by atoms with Crippen molar-refractivity contribution < 1.29 is 18.8 Å². The van der Waals surface area contributed by atoms with Crippen LogP contribution in [0.3, 0.4) is 0 Å². The molecule has 0 atom stereocenters. The number of halogens is 1. The summed E-state index contributed by atoms with van der Waals surface area (Å²) in [7, 11) is 1.55. The molecule has 3 rings (SSSR count). The van der Waals surface area contributed by atoms with Gasteiger partial charge in [0.2, 0.25) is 5.82 Å². The topological polar surface area (TPSA) is 74.5 Å². The number of carbonyl (C=O) groups is 1. The van der Waals surface area contributed by atoms with Gasteiger partial charge in [-0.05, 0) is 36.8 Å². The van der Waals surface area contributed by atoms with Gasteiger partial charge in [0.05, 0.1) is 12.7 Å². The molecule has 2 aromatic carbocycles. The summed E-state index contributed by atoms with van der Waals surface area (Å²) in [4.78, 5) is 16.4. The van der Waals surface area contributed by atoms with Gasteiger partial charge < -0.3 is 14.0 Å². The Morgan fingerprint density at radius 2 is 2.08 bits per heavy atom. The Hall–Kier alpha value is -2.67. The van der Waals surface area contributed by atoms with E-state index in [1.165, 1.54) is 0 Å². The van der Waals surface area contributed by atoms with Gasteiger partial charge in [-0.1, -0.05) is 39.3 Å². The van der Waals surface area contributed by atoms with Crippen LogP contribution in [0.4, 0.5) is 0 Å². The zero-order valence-electron chi connectivity index (χ0n) is 13.7. The van der Waals surface area contributed by atoms with Crippen molar-refractivity contribution in [3.05, 3.63) is 64.0 Å². The van der Waals surface area contributed by atoms with Crippen LogP contribution < -0.4 is 4.74 Å². The van der Waals surface area contributed by atoms with E-state index in [9.17, 15) is 4.79 Å². The highest BCUT2D eigenvalue weighted by Crippen LogP contribution is 2.21. The molecule has 3 aromatic rings. The SMILES string of the molecule is COc1cc(C(=O)OCc2nc(-c3cccc(Br)c3)no2)ccc1C. The van der Waals surface area contributed by atoms with Crippen molar-refractivity contribution in [1.82, 2.24) is 10.1 Å². The van der Waals surface area contributed by atoms with E-state index in [1.807, 2.05) is 31.2 Å². The van der Waals surface area contributed by atoms with Gasteiger partial charge in [0, 0.05) is 10.0 Å². The highest BCUT2D eigenvalue weighted by Gasteiger charge is 2.14. The summed E-state index contributed by atoms with van der Waals surface area (Å²) in [5.74, 6) is 0.802. The van der Waals surface area contributed by atoms with Gasteiger partial charge in [-0.15, -0.1) is 0 Å². The van der Waals surface area contributed by atoms with Crippen molar-refractivity contribution >= 4 is 21.9 Å². The normalized spacial score (nSPS) is 10.5. The molecule has 0 aliphatic heterocycles. The first-order chi connectivity index (χ1) is 12.1. The molecule has 0 aliphatic rings. The number of aryl methyl sites for hydroxylation is 1. The van der Waals surface area contributed by atoms with Crippen molar-refractivity contribution in [2.24, 2.45) is 0 Å². The number of methoxy groups -OCH3 is 1. The smallest absolute Gasteiger partial charge is 0.338 e. The van der Waals surface area contributed by atoms with E-state index in [4.69, 9.17) is 14.0 Å². The van der Waals surface area contributed by atoms with Crippen molar-refractivity contribution in [3.63, 3.8) is 0 Å². The average Bonchev–Trinajstić information content (AvgIpc) is 3.09. The lowest BCUT2D eigenvalue weighted by molar-refractivity contribution is 0.0429. The Kier molecular flexibility index (Phi) is 5.14. The Labute approximate surface area is 152 Å². The third-order valence-corrected chi connectivity index (χ3v) is 4.01. The van der Waals surface area contributed by atoms with Crippen LogP contribution in [0, 0.1) is 6.92 Å². The lowest BCUT2D eigenvalue weighted by atomic mass is 10.1. The number of aromatic nitrogens is 2. The van der Waals surface area contributed by atoms with E-state index in [2.05, 4.69) is 26.1 Å². The maximum absolute atomic E-state index is 12.1. The van der Waals surface area contributed by atoms with E-state index < -0.39 is 5.97 Å². The molecule has 0 amide bonds. The first-order valence-corrected chi connectivity index (χ1v) is 8.26. The quantitative estimate of drug-likeness (QED) is 0.596. The van der Waals surface area contributed by atoms with Crippen LogP contribution in [0.25, 0.3) is 11.4 Å². The second kappa shape index (κ2) is 7.48. The van der Waals surface area contributed by atoms with Gasteiger partial charge in [0.1, 0.15) is 5.75 Å². The van der Waals surface area contributed by atoms with Crippen molar-refractivity contribution in [3.8, 4) is 17.1 Å². The summed E-state index contributed by atoms with van der Waals surface area (Å²) in [6.07, 6.45) is 0. The third-order valence-electron chi connectivity index (χ3n) is 3.52. The molecule has 25 heavy (non-hydrogen) atoms. The van der Waals surface area contributed by atoms with Gasteiger partial charge in [0.25, 0.3) is 5.89 Å². The predicted octanol–water partition coefficient (Wildman–Crippen LogP) is 4.17. The van der Waals surface area contributed by atoms with Crippen LogP contribution in [0.2, 0.25) is 0 Å². The van der Waals surface area contributed by atoms with Gasteiger partial charge >= 0.3 is 5.97 Å². The number of esters is 1. The average molecular weight is 403 g/mol. The van der Waals surface area contributed by atoms with E-state index in [0.717, 1.165) is 15.6 Å². The molecule has 0 bridgehead atoms. The van der Waals surface area contributed by atoms with E-state index in [-0.39, 0.29) is 12.5 Å². The largest absolute Gasteiger partial charge is 0.496 e.